The number of nitrogens with zero attached hydrogens (tertiary/aromatic N) is 2. The van der Waals surface area contributed by atoms with Gasteiger partial charge < -0.3 is 4.74 Å². The van der Waals surface area contributed by atoms with Gasteiger partial charge in [-0.2, -0.15) is 18.4 Å². The van der Waals surface area contributed by atoms with Gasteiger partial charge in [-0.15, -0.1) is 0 Å². The lowest BCUT2D eigenvalue weighted by Crippen LogP contribution is -2.24. The Morgan fingerprint density at radius 1 is 1.36 bits per heavy atom. The van der Waals surface area contributed by atoms with E-state index in [0.29, 0.717) is 9.59 Å². The molecule has 2 rings (SSSR count). The fourth-order valence-corrected chi connectivity index (χ4v) is 3.09. The van der Waals surface area contributed by atoms with Crippen molar-refractivity contribution in [2.45, 2.75) is 13.1 Å². The topological polar surface area (TPSA) is 55.0 Å². The predicted molar refractivity (Wildman–Crippen MR) is 89.4 cm³/mol. The van der Waals surface area contributed by atoms with E-state index in [1.807, 2.05) is 0 Å². The Balaban J connectivity index is 2.82. The molecule has 4 nitrogen and oxygen atoms in total. The Morgan fingerprint density at radius 2 is 1.96 bits per heavy atom. The molecule has 0 aliphatic rings. The van der Waals surface area contributed by atoms with Gasteiger partial charge >= 0.3 is 6.18 Å². The molecule has 0 unspecified atom stereocenters. The van der Waals surface area contributed by atoms with Crippen molar-refractivity contribution in [2.75, 3.05) is 13.2 Å². The molecule has 0 aliphatic carbocycles. The predicted octanol–water partition coefficient (Wildman–Crippen LogP) is 5.14. The Morgan fingerprint density at radius 3 is 2.44 bits per heavy atom. The van der Waals surface area contributed by atoms with E-state index in [1.54, 1.807) is 13.0 Å². The fraction of sp³-hybridized carbons (Fsp3) is 0.250. The number of nitriles is 1. The van der Waals surface area contributed by atoms with Crippen molar-refractivity contribution in [3.05, 3.63) is 45.0 Å². The summed E-state index contributed by atoms with van der Waals surface area (Å²) in [5.74, 6) is -0.929. The van der Waals surface area contributed by atoms with Crippen LogP contribution in [0.2, 0.25) is 5.02 Å². The van der Waals surface area contributed by atoms with E-state index in [1.165, 1.54) is 24.3 Å². The summed E-state index contributed by atoms with van der Waals surface area (Å²) < 4.78 is 45.5. The number of benzene rings is 1. The quantitative estimate of drug-likeness (QED) is 0.668. The van der Waals surface area contributed by atoms with Crippen LogP contribution in [-0.2, 0) is 10.9 Å². The van der Waals surface area contributed by atoms with Crippen LogP contribution < -0.4 is 0 Å². The summed E-state index contributed by atoms with van der Waals surface area (Å²) in [5.41, 5.74) is -1.46. The maximum absolute atomic E-state index is 13.5. The van der Waals surface area contributed by atoms with Crippen LogP contribution in [-0.4, -0.2) is 23.7 Å². The van der Waals surface area contributed by atoms with Crippen LogP contribution >= 0.6 is 27.5 Å². The van der Waals surface area contributed by atoms with E-state index in [9.17, 15) is 23.2 Å². The number of hydrogen-bond donors (Lipinski definition) is 0. The second kappa shape index (κ2) is 7.60. The molecule has 1 aromatic heterocycles. The first kappa shape index (κ1) is 19.5. The highest BCUT2D eigenvalue weighted by Crippen LogP contribution is 2.43. The lowest BCUT2D eigenvalue weighted by Gasteiger charge is -2.14. The van der Waals surface area contributed by atoms with Crippen molar-refractivity contribution in [2.24, 2.45) is 0 Å². The third kappa shape index (κ3) is 3.89. The molecule has 1 aromatic carbocycles. The van der Waals surface area contributed by atoms with Gasteiger partial charge in [0.05, 0.1) is 15.7 Å². The van der Waals surface area contributed by atoms with Crippen LogP contribution in [0.25, 0.3) is 11.3 Å². The van der Waals surface area contributed by atoms with Gasteiger partial charge in [0.15, 0.2) is 0 Å². The third-order valence-corrected chi connectivity index (χ3v) is 4.31. The standard InChI is InChI=1S/C16H11BrClF3N2O2/c1-2-25-8-12(24)23-14(9-3-5-10(18)6-4-9)11(7-22)13(17)15(23)16(19,20)21/h3-6H,2,8H2,1H3. The minimum absolute atomic E-state index is 0.164. The van der Waals surface area contributed by atoms with Gasteiger partial charge in [-0.05, 0) is 35.0 Å². The highest BCUT2D eigenvalue weighted by Gasteiger charge is 2.42. The van der Waals surface area contributed by atoms with E-state index in [4.69, 9.17) is 16.3 Å². The minimum Gasteiger partial charge on any atom is -0.372 e. The van der Waals surface area contributed by atoms with Gasteiger partial charge in [0.1, 0.15) is 18.4 Å². The monoisotopic (exact) mass is 434 g/mol. The summed E-state index contributed by atoms with van der Waals surface area (Å²) in [5, 5.41) is 9.72. The summed E-state index contributed by atoms with van der Waals surface area (Å²) >= 11 is 8.62. The van der Waals surface area contributed by atoms with E-state index in [0.717, 1.165) is 0 Å². The summed E-state index contributed by atoms with van der Waals surface area (Å²) in [6.45, 7) is 1.23. The van der Waals surface area contributed by atoms with Crippen molar-refractivity contribution < 1.29 is 22.7 Å². The third-order valence-electron chi connectivity index (χ3n) is 3.29. The zero-order valence-electron chi connectivity index (χ0n) is 12.8. The van der Waals surface area contributed by atoms with Crippen molar-refractivity contribution in [1.82, 2.24) is 4.57 Å². The van der Waals surface area contributed by atoms with Gasteiger partial charge in [-0.25, -0.2) is 0 Å². The SMILES string of the molecule is CCOCC(=O)n1c(-c2ccc(Cl)cc2)c(C#N)c(Br)c1C(F)(F)F. The normalized spacial score (nSPS) is 11.4. The largest absolute Gasteiger partial charge is 0.433 e. The first-order valence-electron chi connectivity index (χ1n) is 7.00. The number of carbonyl (C=O) groups excluding carboxylic acids is 1. The Labute approximate surface area is 154 Å². The average molecular weight is 436 g/mol. The molecule has 0 atom stereocenters. The molecule has 0 saturated heterocycles. The van der Waals surface area contributed by atoms with Crippen molar-refractivity contribution in [3.8, 4) is 17.3 Å². The number of halogens is 5. The number of aromatic nitrogens is 1. The lowest BCUT2D eigenvalue weighted by molar-refractivity contribution is -0.143. The zero-order valence-corrected chi connectivity index (χ0v) is 15.2. The molecule has 0 spiro atoms. The van der Waals surface area contributed by atoms with Gasteiger partial charge in [0, 0.05) is 17.2 Å². The Kier molecular flexibility index (Phi) is 5.93. The number of ether oxygens (including phenoxy) is 1. The molecule has 1 heterocycles. The fourth-order valence-electron chi connectivity index (χ4n) is 2.28. The van der Waals surface area contributed by atoms with Crippen molar-refractivity contribution in [3.63, 3.8) is 0 Å². The molecule has 0 amide bonds. The lowest BCUT2D eigenvalue weighted by atomic mass is 10.1. The van der Waals surface area contributed by atoms with Crippen LogP contribution in [0.3, 0.4) is 0 Å². The van der Waals surface area contributed by atoms with Gasteiger partial charge in [-0.1, -0.05) is 23.7 Å². The molecule has 0 aliphatic heterocycles. The summed E-state index contributed by atoms with van der Waals surface area (Å²) in [7, 11) is 0. The van der Waals surface area contributed by atoms with Gasteiger partial charge in [-0.3, -0.25) is 9.36 Å². The number of alkyl halides is 3. The molecule has 0 saturated carbocycles. The van der Waals surface area contributed by atoms with Crippen molar-refractivity contribution >= 4 is 33.4 Å². The van der Waals surface area contributed by atoms with E-state index in [-0.39, 0.29) is 23.4 Å². The molecular formula is C16H11BrClF3N2O2. The second-order valence-corrected chi connectivity index (χ2v) is 6.10. The number of hydrogen-bond acceptors (Lipinski definition) is 3. The molecule has 0 bridgehead atoms. The summed E-state index contributed by atoms with van der Waals surface area (Å²) in [6, 6.07) is 7.53. The van der Waals surface area contributed by atoms with Crippen LogP contribution in [0.15, 0.2) is 28.7 Å². The highest BCUT2D eigenvalue weighted by atomic mass is 79.9. The van der Waals surface area contributed by atoms with Crippen LogP contribution in [0.1, 0.15) is 23.0 Å². The molecule has 0 N–H and O–H groups in total. The molecule has 2 aromatic rings. The Hall–Kier alpha value is -1.82. The summed E-state index contributed by atoms with van der Waals surface area (Å²) in [6.07, 6.45) is -4.85. The molecule has 9 heteroatoms. The molecular weight excluding hydrogens is 425 g/mol. The minimum atomic E-state index is -4.85. The van der Waals surface area contributed by atoms with Gasteiger partial charge in [0.25, 0.3) is 5.91 Å². The average Bonchev–Trinajstić information content (AvgIpc) is 2.85. The van der Waals surface area contributed by atoms with Crippen molar-refractivity contribution in [1.29, 1.82) is 5.26 Å². The first-order valence-corrected chi connectivity index (χ1v) is 8.17. The maximum Gasteiger partial charge on any atom is 0.433 e. The van der Waals surface area contributed by atoms with E-state index < -0.39 is 28.9 Å². The molecule has 0 fully saturated rings. The van der Waals surface area contributed by atoms with Crippen LogP contribution in [0, 0.1) is 11.3 Å². The van der Waals surface area contributed by atoms with Crippen LogP contribution in [0.4, 0.5) is 13.2 Å². The molecule has 132 valence electrons. The van der Waals surface area contributed by atoms with E-state index >= 15 is 0 Å². The molecule has 0 radical (unpaired) electrons. The maximum atomic E-state index is 13.5. The highest BCUT2D eigenvalue weighted by molar-refractivity contribution is 9.10. The van der Waals surface area contributed by atoms with Crippen LogP contribution in [0.5, 0.6) is 0 Å². The zero-order chi connectivity index (χ0) is 18.8. The van der Waals surface area contributed by atoms with Gasteiger partial charge in [0.2, 0.25) is 0 Å². The first-order chi connectivity index (χ1) is 11.7. The van der Waals surface area contributed by atoms with E-state index in [2.05, 4.69) is 15.9 Å². The number of rotatable bonds is 4. The summed E-state index contributed by atoms with van der Waals surface area (Å²) in [4.78, 5) is 12.4. The number of carbonyl (C=O) groups is 1. The second-order valence-electron chi connectivity index (χ2n) is 4.87. The molecule has 25 heavy (non-hydrogen) atoms. The smallest absolute Gasteiger partial charge is 0.372 e. The Bertz CT molecular complexity index is 839.